The van der Waals surface area contributed by atoms with Crippen molar-refractivity contribution in [3.8, 4) is 0 Å². The molecule has 1 aromatic carbocycles. The van der Waals surface area contributed by atoms with E-state index in [-0.39, 0.29) is 18.1 Å². The Morgan fingerprint density at radius 2 is 2.00 bits per heavy atom. The van der Waals surface area contributed by atoms with Gasteiger partial charge in [0.05, 0.1) is 6.54 Å². The average Bonchev–Trinajstić information content (AvgIpc) is 2.65. The SMILES string of the molecule is Cc1cc(C)cc(NC(=O)CCC2CN(C)C(=O)O2)c1. The number of anilines is 1. The standard InChI is InChI=1S/C15H20N2O3/c1-10-6-11(2)8-12(7-10)16-14(18)5-4-13-9-17(3)15(19)20-13/h6-8,13H,4-5,9H2,1-3H3,(H,16,18). The lowest BCUT2D eigenvalue weighted by atomic mass is 10.1. The first-order chi connectivity index (χ1) is 9.44. The van der Waals surface area contributed by atoms with Crippen LogP contribution in [0.4, 0.5) is 10.5 Å². The van der Waals surface area contributed by atoms with Crippen molar-refractivity contribution < 1.29 is 14.3 Å². The predicted octanol–water partition coefficient (Wildman–Crippen LogP) is 2.47. The summed E-state index contributed by atoms with van der Waals surface area (Å²) in [4.78, 5) is 24.6. The lowest BCUT2D eigenvalue weighted by Gasteiger charge is -2.09. The smallest absolute Gasteiger partial charge is 0.409 e. The van der Waals surface area contributed by atoms with Crippen molar-refractivity contribution in [2.45, 2.75) is 32.8 Å². The second-order valence-electron chi connectivity index (χ2n) is 5.35. The van der Waals surface area contributed by atoms with Crippen LogP contribution in [0.5, 0.6) is 0 Å². The average molecular weight is 276 g/mol. The van der Waals surface area contributed by atoms with Crippen LogP contribution in [0.25, 0.3) is 0 Å². The first-order valence-corrected chi connectivity index (χ1v) is 6.74. The van der Waals surface area contributed by atoms with Gasteiger partial charge in [-0.15, -0.1) is 0 Å². The molecule has 108 valence electrons. The summed E-state index contributed by atoms with van der Waals surface area (Å²) in [6, 6.07) is 5.94. The second kappa shape index (κ2) is 5.94. The molecule has 20 heavy (non-hydrogen) atoms. The maximum absolute atomic E-state index is 11.9. The van der Waals surface area contributed by atoms with Crippen LogP contribution < -0.4 is 5.32 Å². The van der Waals surface area contributed by atoms with Crippen molar-refractivity contribution in [1.82, 2.24) is 4.90 Å². The Morgan fingerprint density at radius 3 is 2.55 bits per heavy atom. The molecule has 1 N–H and O–H groups in total. The van der Waals surface area contributed by atoms with Gasteiger partial charge in [0.2, 0.25) is 5.91 Å². The molecule has 5 nitrogen and oxygen atoms in total. The van der Waals surface area contributed by atoms with Crippen LogP contribution in [-0.4, -0.2) is 36.6 Å². The molecule has 5 heteroatoms. The van der Waals surface area contributed by atoms with Gasteiger partial charge in [0.1, 0.15) is 6.10 Å². The van der Waals surface area contributed by atoms with Gasteiger partial charge < -0.3 is 15.0 Å². The van der Waals surface area contributed by atoms with Crippen LogP contribution >= 0.6 is 0 Å². The van der Waals surface area contributed by atoms with Gasteiger partial charge in [-0.2, -0.15) is 0 Å². The fourth-order valence-electron chi connectivity index (χ4n) is 2.36. The van der Waals surface area contributed by atoms with Crippen LogP contribution in [0.3, 0.4) is 0 Å². The minimum atomic E-state index is -0.315. The molecule has 0 radical (unpaired) electrons. The summed E-state index contributed by atoms with van der Waals surface area (Å²) in [5, 5.41) is 2.88. The molecule has 0 aliphatic carbocycles. The molecule has 1 aliphatic heterocycles. The predicted molar refractivity (Wildman–Crippen MR) is 76.7 cm³/mol. The topological polar surface area (TPSA) is 58.6 Å². The van der Waals surface area contributed by atoms with Crippen LogP contribution in [0.2, 0.25) is 0 Å². The van der Waals surface area contributed by atoms with Gasteiger partial charge in [-0.1, -0.05) is 6.07 Å². The number of carbonyl (C=O) groups excluding carboxylic acids is 2. The highest BCUT2D eigenvalue weighted by Gasteiger charge is 2.28. The van der Waals surface area contributed by atoms with Crippen LogP contribution in [0.15, 0.2) is 18.2 Å². The quantitative estimate of drug-likeness (QED) is 0.919. The van der Waals surface area contributed by atoms with Gasteiger partial charge in [0.25, 0.3) is 0 Å². The monoisotopic (exact) mass is 276 g/mol. The van der Waals surface area contributed by atoms with E-state index >= 15 is 0 Å². The zero-order valence-electron chi connectivity index (χ0n) is 12.1. The molecule has 1 atom stereocenters. The van der Waals surface area contributed by atoms with E-state index in [0.29, 0.717) is 19.4 Å². The third-order valence-electron chi connectivity index (χ3n) is 3.26. The number of nitrogens with zero attached hydrogens (tertiary/aromatic N) is 1. The van der Waals surface area contributed by atoms with Crippen molar-refractivity contribution in [2.24, 2.45) is 0 Å². The Balaban J connectivity index is 1.82. The van der Waals surface area contributed by atoms with E-state index in [1.807, 2.05) is 26.0 Å². The van der Waals surface area contributed by atoms with Crippen LogP contribution in [0.1, 0.15) is 24.0 Å². The molecule has 0 aromatic heterocycles. The Labute approximate surface area is 118 Å². The van der Waals surface area contributed by atoms with Crippen LogP contribution in [-0.2, 0) is 9.53 Å². The zero-order chi connectivity index (χ0) is 14.7. The second-order valence-corrected chi connectivity index (χ2v) is 5.35. The largest absolute Gasteiger partial charge is 0.444 e. The lowest BCUT2D eigenvalue weighted by molar-refractivity contribution is -0.116. The Hall–Kier alpha value is -2.04. The fraction of sp³-hybridized carbons (Fsp3) is 0.467. The molecule has 1 heterocycles. The Kier molecular flexibility index (Phi) is 4.27. The molecule has 1 saturated heterocycles. The van der Waals surface area contributed by atoms with E-state index in [2.05, 4.69) is 11.4 Å². The Bertz CT molecular complexity index is 508. The molecular formula is C15H20N2O3. The highest BCUT2D eigenvalue weighted by atomic mass is 16.6. The van der Waals surface area contributed by atoms with Crippen LogP contribution in [0, 0.1) is 13.8 Å². The van der Waals surface area contributed by atoms with E-state index in [1.165, 1.54) is 4.90 Å². The van der Waals surface area contributed by atoms with E-state index in [0.717, 1.165) is 16.8 Å². The number of hydrogen-bond donors (Lipinski definition) is 1. The molecular weight excluding hydrogens is 256 g/mol. The lowest BCUT2D eigenvalue weighted by Crippen LogP contribution is -2.20. The fourth-order valence-corrected chi connectivity index (χ4v) is 2.36. The maximum atomic E-state index is 11.9. The van der Waals surface area contributed by atoms with Gasteiger partial charge >= 0.3 is 6.09 Å². The van der Waals surface area contributed by atoms with Gasteiger partial charge in [-0.05, 0) is 43.5 Å². The molecule has 1 aromatic rings. The van der Waals surface area contributed by atoms with Crippen molar-refractivity contribution in [3.63, 3.8) is 0 Å². The molecule has 0 spiro atoms. The third-order valence-corrected chi connectivity index (χ3v) is 3.26. The van der Waals surface area contributed by atoms with Crippen molar-refractivity contribution in [2.75, 3.05) is 18.9 Å². The molecule has 0 bridgehead atoms. The number of ether oxygens (including phenoxy) is 1. The van der Waals surface area contributed by atoms with Crippen molar-refractivity contribution in [3.05, 3.63) is 29.3 Å². The minimum absolute atomic E-state index is 0.0550. The number of carbonyl (C=O) groups is 2. The molecule has 1 fully saturated rings. The summed E-state index contributed by atoms with van der Waals surface area (Å²) in [6.45, 7) is 4.54. The van der Waals surface area contributed by atoms with Gasteiger partial charge in [-0.3, -0.25) is 4.79 Å². The molecule has 0 saturated carbocycles. The summed E-state index contributed by atoms with van der Waals surface area (Å²) in [5.74, 6) is -0.0550. The number of nitrogens with one attached hydrogen (secondary N) is 1. The molecule has 1 unspecified atom stereocenters. The van der Waals surface area contributed by atoms with E-state index in [9.17, 15) is 9.59 Å². The summed E-state index contributed by atoms with van der Waals surface area (Å²) in [6.07, 6.45) is 0.396. The first-order valence-electron chi connectivity index (χ1n) is 6.74. The number of cyclic esters (lactones) is 1. The van der Waals surface area contributed by atoms with E-state index in [1.54, 1.807) is 7.05 Å². The molecule has 1 aliphatic rings. The van der Waals surface area contributed by atoms with E-state index in [4.69, 9.17) is 4.74 Å². The number of aryl methyl sites for hydroxylation is 2. The maximum Gasteiger partial charge on any atom is 0.409 e. The van der Waals surface area contributed by atoms with Crippen molar-refractivity contribution in [1.29, 1.82) is 0 Å². The van der Waals surface area contributed by atoms with Gasteiger partial charge in [0, 0.05) is 19.2 Å². The zero-order valence-corrected chi connectivity index (χ0v) is 12.1. The highest BCUT2D eigenvalue weighted by molar-refractivity contribution is 5.90. The summed E-state index contributed by atoms with van der Waals surface area (Å²) >= 11 is 0. The first kappa shape index (κ1) is 14.4. The number of benzene rings is 1. The number of hydrogen-bond acceptors (Lipinski definition) is 3. The molecule has 2 rings (SSSR count). The van der Waals surface area contributed by atoms with Gasteiger partial charge in [-0.25, -0.2) is 4.79 Å². The highest BCUT2D eigenvalue weighted by Crippen LogP contribution is 2.16. The Morgan fingerprint density at radius 1 is 1.35 bits per heavy atom. The number of amides is 2. The van der Waals surface area contributed by atoms with E-state index < -0.39 is 0 Å². The summed E-state index contributed by atoms with van der Waals surface area (Å²) in [5.41, 5.74) is 3.05. The summed E-state index contributed by atoms with van der Waals surface area (Å²) < 4.78 is 5.12. The normalized spacial score (nSPS) is 18.1. The third kappa shape index (κ3) is 3.73. The summed E-state index contributed by atoms with van der Waals surface area (Å²) in [7, 11) is 1.69. The minimum Gasteiger partial charge on any atom is -0.444 e. The molecule has 2 amide bonds. The van der Waals surface area contributed by atoms with Gasteiger partial charge in [0.15, 0.2) is 0 Å². The number of rotatable bonds is 4. The van der Waals surface area contributed by atoms with Crippen molar-refractivity contribution >= 4 is 17.7 Å². The number of likely N-dealkylation sites (N-methyl/N-ethyl adjacent to an activating group) is 1.